The van der Waals surface area contributed by atoms with Crippen LogP contribution >= 0.6 is 11.8 Å². The van der Waals surface area contributed by atoms with Gasteiger partial charge in [-0.2, -0.15) is 5.26 Å². The summed E-state index contributed by atoms with van der Waals surface area (Å²) in [5, 5.41) is 13.1. The van der Waals surface area contributed by atoms with E-state index < -0.39 is 0 Å². The summed E-state index contributed by atoms with van der Waals surface area (Å²) in [4.78, 5) is 3.63. The van der Waals surface area contributed by atoms with E-state index in [9.17, 15) is 5.26 Å². The second kappa shape index (κ2) is 6.07. The van der Waals surface area contributed by atoms with Gasteiger partial charge in [-0.1, -0.05) is 13.0 Å². The third-order valence-corrected chi connectivity index (χ3v) is 5.37. The summed E-state index contributed by atoms with van der Waals surface area (Å²) in [6.45, 7) is 5.75. The first kappa shape index (κ1) is 13.8. The molecule has 3 heterocycles. The van der Waals surface area contributed by atoms with E-state index in [1.807, 2.05) is 0 Å². The van der Waals surface area contributed by atoms with Crippen LogP contribution in [0.15, 0.2) is 23.1 Å². The van der Waals surface area contributed by atoms with Crippen LogP contribution in [-0.4, -0.2) is 36.3 Å². The fraction of sp³-hybridized carbons (Fsp3) is 0.562. The summed E-state index contributed by atoms with van der Waals surface area (Å²) < 4.78 is 0. The van der Waals surface area contributed by atoms with Gasteiger partial charge >= 0.3 is 0 Å². The van der Waals surface area contributed by atoms with Crippen LogP contribution in [0.2, 0.25) is 0 Å². The van der Waals surface area contributed by atoms with E-state index in [-0.39, 0.29) is 0 Å². The maximum Gasteiger partial charge on any atom is 0.102 e. The molecule has 3 saturated heterocycles. The third kappa shape index (κ3) is 2.65. The zero-order valence-corrected chi connectivity index (χ0v) is 12.7. The van der Waals surface area contributed by atoms with Crippen LogP contribution in [0.3, 0.4) is 0 Å². The van der Waals surface area contributed by atoms with Crippen LogP contribution in [0.1, 0.15) is 25.3 Å². The predicted octanol–water partition coefficient (Wildman–Crippen LogP) is 3.18. The molecule has 4 heteroatoms. The second-order valence-electron chi connectivity index (χ2n) is 5.61. The molecule has 3 fully saturated rings. The molecule has 1 aromatic rings. The minimum Gasteiger partial charge on any atom is -0.380 e. The quantitative estimate of drug-likeness (QED) is 0.863. The van der Waals surface area contributed by atoms with Gasteiger partial charge in [0.2, 0.25) is 0 Å². The Bertz CT molecular complexity index is 515. The Kier molecular flexibility index (Phi) is 4.18. The molecule has 4 rings (SSSR count). The number of benzene rings is 1. The van der Waals surface area contributed by atoms with E-state index in [1.165, 1.54) is 25.9 Å². The van der Waals surface area contributed by atoms with Gasteiger partial charge in [0.15, 0.2) is 0 Å². The van der Waals surface area contributed by atoms with Gasteiger partial charge in [-0.25, -0.2) is 0 Å². The molecular weight excluding hydrogens is 266 g/mol. The first-order valence-corrected chi connectivity index (χ1v) is 8.45. The molecule has 1 aromatic carbocycles. The summed E-state index contributed by atoms with van der Waals surface area (Å²) in [6.07, 6.45) is 2.59. The van der Waals surface area contributed by atoms with Gasteiger partial charge in [0.25, 0.3) is 0 Å². The molecule has 0 radical (unpaired) electrons. The Balaban J connectivity index is 1.80. The van der Waals surface area contributed by atoms with E-state index in [4.69, 9.17) is 0 Å². The molecule has 0 spiro atoms. The highest BCUT2D eigenvalue weighted by Gasteiger charge is 2.34. The highest BCUT2D eigenvalue weighted by atomic mass is 32.2. The third-order valence-electron chi connectivity index (χ3n) is 4.43. The van der Waals surface area contributed by atoms with E-state index in [0.717, 1.165) is 34.4 Å². The Morgan fingerprint density at radius 3 is 2.80 bits per heavy atom. The van der Waals surface area contributed by atoms with Crippen molar-refractivity contribution in [3.63, 3.8) is 0 Å². The van der Waals surface area contributed by atoms with Crippen molar-refractivity contribution in [2.45, 2.75) is 30.7 Å². The van der Waals surface area contributed by atoms with Gasteiger partial charge in [0.05, 0.1) is 11.3 Å². The summed E-state index contributed by atoms with van der Waals surface area (Å²) in [7, 11) is 0. The lowest BCUT2D eigenvalue weighted by atomic mass is 9.84. The predicted molar refractivity (Wildman–Crippen MR) is 84.1 cm³/mol. The monoisotopic (exact) mass is 287 g/mol. The van der Waals surface area contributed by atoms with Gasteiger partial charge in [0.1, 0.15) is 6.07 Å². The number of hydrogen-bond donors (Lipinski definition) is 1. The molecule has 0 aromatic heterocycles. The zero-order chi connectivity index (χ0) is 13.9. The minimum absolute atomic E-state index is 0.506. The van der Waals surface area contributed by atoms with Crippen LogP contribution in [0.4, 0.5) is 5.69 Å². The molecule has 3 aliphatic rings. The Morgan fingerprint density at radius 1 is 1.40 bits per heavy atom. The number of anilines is 1. The van der Waals surface area contributed by atoms with Gasteiger partial charge in [0, 0.05) is 17.5 Å². The maximum atomic E-state index is 9.47. The van der Waals surface area contributed by atoms with Crippen LogP contribution in [0, 0.1) is 17.2 Å². The van der Waals surface area contributed by atoms with Gasteiger partial charge in [-0.15, -0.1) is 11.8 Å². The molecule has 20 heavy (non-hydrogen) atoms. The fourth-order valence-electron chi connectivity index (χ4n) is 3.37. The van der Waals surface area contributed by atoms with Crippen LogP contribution < -0.4 is 5.32 Å². The molecule has 1 unspecified atom stereocenters. The average Bonchev–Trinajstić information content (AvgIpc) is 2.49. The maximum absolute atomic E-state index is 9.47. The number of nitriles is 1. The summed E-state index contributed by atoms with van der Waals surface area (Å²) in [6, 6.07) is 9.05. The fourth-order valence-corrected chi connectivity index (χ4v) is 4.16. The molecule has 1 N–H and O–H groups in total. The minimum atomic E-state index is 0.506. The smallest absolute Gasteiger partial charge is 0.102 e. The topological polar surface area (TPSA) is 39.1 Å². The molecule has 0 saturated carbocycles. The average molecular weight is 287 g/mol. The Morgan fingerprint density at radius 2 is 2.20 bits per heavy atom. The van der Waals surface area contributed by atoms with Gasteiger partial charge in [-0.3, -0.25) is 0 Å². The van der Waals surface area contributed by atoms with E-state index in [1.54, 1.807) is 11.8 Å². The van der Waals surface area contributed by atoms with Crippen molar-refractivity contribution in [1.29, 1.82) is 5.26 Å². The number of thioether (sulfide) groups is 1. The molecule has 3 nitrogen and oxygen atoms in total. The van der Waals surface area contributed by atoms with Crippen LogP contribution in [0.25, 0.3) is 0 Å². The highest BCUT2D eigenvalue weighted by molar-refractivity contribution is 7.99. The molecule has 106 valence electrons. The second-order valence-corrected chi connectivity index (χ2v) is 6.92. The number of rotatable bonds is 4. The first-order valence-electron chi connectivity index (χ1n) is 7.46. The lowest BCUT2D eigenvalue weighted by Gasteiger charge is -2.45. The molecule has 1 atom stereocenters. The SMILES string of the molecule is CCSc1cccc(NC2CN3CCC2CC3)c1C#N. The highest BCUT2D eigenvalue weighted by Crippen LogP contribution is 2.33. The van der Waals surface area contributed by atoms with Crippen LogP contribution in [0.5, 0.6) is 0 Å². The van der Waals surface area contributed by atoms with Crippen molar-refractivity contribution in [3.05, 3.63) is 23.8 Å². The summed E-state index contributed by atoms with van der Waals surface area (Å²) in [5.74, 6) is 1.77. The number of fused-ring (bicyclic) bond motifs is 3. The number of hydrogen-bond acceptors (Lipinski definition) is 4. The summed E-state index contributed by atoms with van der Waals surface area (Å²) in [5.41, 5.74) is 1.83. The van der Waals surface area contributed by atoms with E-state index >= 15 is 0 Å². The molecule has 0 aliphatic carbocycles. The van der Waals surface area contributed by atoms with Crippen molar-refractivity contribution in [3.8, 4) is 6.07 Å². The Labute approximate surface area is 125 Å². The zero-order valence-electron chi connectivity index (χ0n) is 11.9. The van der Waals surface area contributed by atoms with E-state index in [2.05, 4.69) is 41.4 Å². The van der Waals surface area contributed by atoms with Crippen molar-refractivity contribution in [2.24, 2.45) is 5.92 Å². The standard InChI is InChI=1S/C16H21N3S/c1-2-20-16-5-3-4-14(13(16)10-17)18-15-11-19-8-6-12(15)7-9-19/h3-5,12,15,18H,2,6-9,11H2,1H3. The lowest BCUT2D eigenvalue weighted by Crippen LogP contribution is -2.53. The lowest BCUT2D eigenvalue weighted by molar-refractivity contribution is 0.0975. The largest absolute Gasteiger partial charge is 0.380 e. The van der Waals surface area contributed by atoms with Crippen molar-refractivity contribution >= 4 is 17.4 Å². The summed E-state index contributed by atoms with van der Waals surface area (Å²) >= 11 is 1.75. The van der Waals surface area contributed by atoms with Gasteiger partial charge < -0.3 is 10.2 Å². The number of nitrogens with one attached hydrogen (secondary N) is 1. The van der Waals surface area contributed by atoms with Crippen molar-refractivity contribution in [2.75, 3.05) is 30.7 Å². The van der Waals surface area contributed by atoms with Gasteiger partial charge in [-0.05, 0) is 49.7 Å². The normalized spacial score (nSPS) is 28.1. The van der Waals surface area contributed by atoms with E-state index in [0.29, 0.717) is 6.04 Å². The number of nitrogens with zero attached hydrogens (tertiary/aromatic N) is 2. The molecule has 0 amide bonds. The molecular formula is C16H21N3S. The molecule has 2 bridgehead atoms. The van der Waals surface area contributed by atoms with Crippen molar-refractivity contribution in [1.82, 2.24) is 4.90 Å². The molecule has 3 aliphatic heterocycles. The number of piperidine rings is 3. The van der Waals surface area contributed by atoms with Crippen molar-refractivity contribution < 1.29 is 0 Å². The van der Waals surface area contributed by atoms with Crippen LogP contribution in [-0.2, 0) is 0 Å². The first-order chi connectivity index (χ1) is 9.81. The Hall–Kier alpha value is -1.18.